The molecule has 1 aromatic heterocycles. The molecule has 0 unspecified atom stereocenters. The number of non-ortho nitro benzene ring substituents is 2. The van der Waals surface area contributed by atoms with Gasteiger partial charge in [-0.1, -0.05) is 18.2 Å². The Morgan fingerprint density at radius 3 is 2.23 bits per heavy atom. The zero-order chi connectivity index (χ0) is 24.9. The van der Waals surface area contributed by atoms with Crippen molar-refractivity contribution in [1.82, 2.24) is 15.1 Å². The second-order valence-electron chi connectivity index (χ2n) is 7.61. The Morgan fingerprint density at radius 2 is 1.57 bits per heavy atom. The summed E-state index contributed by atoms with van der Waals surface area (Å²) in [6.07, 6.45) is 1.63. The predicted molar refractivity (Wildman–Crippen MR) is 126 cm³/mol. The van der Waals surface area contributed by atoms with E-state index in [1.807, 2.05) is 30.3 Å². The Labute approximate surface area is 198 Å². The molecule has 0 bridgehead atoms. The minimum atomic E-state index is -0.584. The third-order valence-corrected chi connectivity index (χ3v) is 5.26. The number of phenolic OH excluding ortho intramolecular Hbond substituents is 1. The van der Waals surface area contributed by atoms with E-state index < -0.39 is 15.8 Å². The number of aromatic nitrogens is 2. The summed E-state index contributed by atoms with van der Waals surface area (Å²) in [6, 6.07) is 18.7. The third-order valence-electron chi connectivity index (χ3n) is 5.26. The summed E-state index contributed by atoms with van der Waals surface area (Å²) < 4.78 is 1.62. The number of hydrogen-bond acceptors (Lipinski definition) is 7. The average molecular weight is 473 g/mol. The number of nitrogens with zero attached hydrogens (tertiary/aromatic N) is 4. The van der Waals surface area contributed by atoms with Crippen molar-refractivity contribution in [2.45, 2.75) is 13.0 Å². The molecule has 176 valence electrons. The maximum atomic E-state index is 12.7. The normalized spacial score (nSPS) is 10.6. The molecule has 0 spiro atoms. The zero-order valence-electron chi connectivity index (χ0n) is 18.2. The quantitative estimate of drug-likeness (QED) is 0.290. The van der Waals surface area contributed by atoms with E-state index in [9.17, 15) is 30.1 Å². The molecule has 0 saturated carbocycles. The molecule has 1 amide bonds. The zero-order valence-corrected chi connectivity index (χ0v) is 18.2. The van der Waals surface area contributed by atoms with Crippen LogP contribution < -0.4 is 5.32 Å². The van der Waals surface area contributed by atoms with Gasteiger partial charge >= 0.3 is 0 Å². The van der Waals surface area contributed by atoms with Crippen LogP contribution in [0.5, 0.6) is 5.75 Å². The van der Waals surface area contributed by atoms with Crippen molar-refractivity contribution in [3.8, 4) is 22.7 Å². The predicted octanol–water partition coefficient (Wildman–Crippen LogP) is 3.92. The van der Waals surface area contributed by atoms with Gasteiger partial charge in [-0.05, 0) is 30.3 Å². The Balaban J connectivity index is 1.59. The first-order valence-electron chi connectivity index (χ1n) is 10.4. The number of hydrogen-bond donors (Lipinski definition) is 2. The summed E-state index contributed by atoms with van der Waals surface area (Å²) in [6.45, 7) is -0.105. The molecule has 0 atom stereocenters. The van der Waals surface area contributed by atoms with E-state index in [1.165, 1.54) is 30.3 Å². The number of nitro benzene ring substituents is 2. The van der Waals surface area contributed by atoms with E-state index in [0.29, 0.717) is 16.8 Å². The molecule has 0 radical (unpaired) electrons. The number of phenols is 1. The number of para-hydroxylation sites is 1. The minimum Gasteiger partial charge on any atom is -0.508 e. The molecule has 4 rings (SSSR count). The first-order chi connectivity index (χ1) is 16.8. The number of amides is 1. The van der Waals surface area contributed by atoms with Crippen LogP contribution in [-0.4, -0.2) is 30.6 Å². The van der Waals surface area contributed by atoms with E-state index in [4.69, 9.17) is 0 Å². The van der Waals surface area contributed by atoms with Crippen molar-refractivity contribution in [2.24, 2.45) is 0 Å². The highest BCUT2D eigenvalue weighted by Gasteiger charge is 2.17. The third kappa shape index (κ3) is 5.30. The molecule has 4 aromatic rings. The van der Waals surface area contributed by atoms with Gasteiger partial charge in [0, 0.05) is 53.7 Å². The van der Waals surface area contributed by atoms with E-state index in [-0.39, 0.29) is 35.7 Å². The summed E-state index contributed by atoms with van der Waals surface area (Å²) in [5, 5.41) is 39.2. The highest BCUT2D eigenvalue weighted by atomic mass is 16.6. The molecule has 11 nitrogen and oxygen atoms in total. The van der Waals surface area contributed by atoms with Gasteiger partial charge in [-0.25, -0.2) is 4.68 Å². The average Bonchev–Trinajstić information content (AvgIpc) is 3.27. The number of nitro groups is 2. The van der Waals surface area contributed by atoms with E-state index in [0.717, 1.165) is 5.69 Å². The van der Waals surface area contributed by atoms with Crippen LogP contribution in [0, 0.1) is 20.2 Å². The standard InChI is InChI=1S/C24H19N5O6/c30-22-11-10-21(29(34)35)12-17(22)14-25-23(31)13-18-15-27(19-4-2-1-3-5-19)26-24(18)16-6-8-20(9-7-16)28(32)33/h1-12,15,30H,13-14H2,(H,25,31). The highest BCUT2D eigenvalue weighted by molar-refractivity contribution is 5.81. The summed E-state index contributed by atoms with van der Waals surface area (Å²) in [5.41, 5.74) is 2.38. The van der Waals surface area contributed by atoms with Gasteiger partial charge in [-0.15, -0.1) is 0 Å². The summed E-state index contributed by atoms with van der Waals surface area (Å²) in [5.74, 6) is -0.564. The van der Waals surface area contributed by atoms with Crippen molar-refractivity contribution in [3.05, 3.63) is 110 Å². The Bertz CT molecular complexity index is 1400. The number of carbonyl (C=O) groups excluding carboxylic acids is 1. The molecule has 35 heavy (non-hydrogen) atoms. The number of aromatic hydroxyl groups is 1. The van der Waals surface area contributed by atoms with Gasteiger partial charge in [-0.3, -0.25) is 25.0 Å². The number of carbonyl (C=O) groups is 1. The van der Waals surface area contributed by atoms with Crippen molar-refractivity contribution in [1.29, 1.82) is 0 Å². The molecule has 2 N–H and O–H groups in total. The van der Waals surface area contributed by atoms with Gasteiger partial charge in [-0.2, -0.15) is 5.10 Å². The van der Waals surface area contributed by atoms with Gasteiger partial charge in [0.2, 0.25) is 5.91 Å². The first kappa shape index (κ1) is 23.1. The highest BCUT2D eigenvalue weighted by Crippen LogP contribution is 2.27. The van der Waals surface area contributed by atoms with Gasteiger partial charge < -0.3 is 10.4 Å². The van der Waals surface area contributed by atoms with Crippen LogP contribution in [0.2, 0.25) is 0 Å². The molecular weight excluding hydrogens is 454 g/mol. The SMILES string of the molecule is O=C(Cc1cn(-c2ccccc2)nc1-c1ccc([N+](=O)[O-])cc1)NCc1cc([N+](=O)[O-])ccc1O. The second kappa shape index (κ2) is 9.83. The fourth-order valence-corrected chi connectivity index (χ4v) is 3.49. The fraction of sp³-hybridized carbons (Fsp3) is 0.0833. The topological polar surface area (TPSA) is 153 Å². The van der Waals surface area contributed by atoms with Crippen LogP contribution in [0.1, 0.15) is 11.1 Å². The molecule has 3 aromatic carbocycles. The number of rotatable bonds is 8. The fourth-order valence-electron chi connectivity index (χ4n) is 3.49. The van der Waals surface area contributed by atoms with E-state index in [1.54, 1.807) is 23.0 Å². The second-order valence-corrected chi connectivity index (χ2v) is 7.61. The van der Waals surface area contributed by atoms with Gasteiger partial charge in [0.1, 0.15) is 5.75 Å². The van der Waals surface area contributed by atoms with Crippen LogP contribution >= 0.6 is 0 Å². The van der Waals surface area contributed by atoms with Gasteiger partial charge in [0.15, 0.2) is 0 Å². The van der Waals surface area contributed by atoms with Crippen molar-refractivity contribution in [3.63, 3.8) is 0 Å². The summed E-state index contributed by atoms with van der Waals surface area (Å²) in [7, 11) is 0. The lowest BCUT2D eigenvalue weighted by atomic mass is 10.1. The molecule has 0 aliphatic carbocycles. The lowest BCUT2D eigenvalue weighted by Crippen LogP contribution is -2.24. The van der Waals surface area contributed by atoms with Crippen molar-refractivity contribution in [2.75, 3.05) is 0 Å². The number of nitrogens with one attached hydrogen (secondary N) is 1. The number of benzene rings is 3. The smallest absolute Gasteiger partial charge is 0.270 e. The van der Waals surface area contributed by atoms with E-state index >= 15 is 0 Å². The lowest BCUT2D eigenvalue weighted by Gasteiger charge is -2.07. The van der Waals surface area contributed by atoms with Crippen molar-refractivity contribution >= 4 is 17.3 Å². The van der Waals surface area contributed by atoms with Crippen LogP contribution in [0.15, 0.2) is 79.0 Å². The van der Waals surface area contributed by atoms with Crippen LogP contribution in [-0.2, 0) is 17.8 Å². The van der Waals surface area contributed by atoms with Gasteiger partial charge in [0.05, 0.1) is 27.6 Å². The Kier molecular flexibility index (Phi) is 6.49. The van der Waals surface area contributed by atoms with Crippen molar-refractivity contribution < 1.29 is 19.7 Å². The Hall–Kier alpha value is -5.06. The first-order valence-corrected chi connectivity index (χ1v) is 10.4. The monoisotopic (exact) mass is 473 g/mol. The minimum absolute atomic E-state index is 0.0627. The molecular formula is C24H19N5O6. The maximum absolute atomic E-state index is 12.7. The maximum Gasteiger partial charge on any atom is 0.270 e. The lowest BCUT2D eigenvalue weighted by molar-refractivity contribution is -0.385. The molecule has 1 heterocycles. The molecule has 0 saturated heterocycles. The molecule has 0 aliphatic heterocycles. The summed E-state index contributed by atoms with van der Waals surface area (Å²) in [4.78, 5) is 33.6. The Morgan fingerprint density at radius 1 is 0.914 bits per heavy atom. The molecule has 0 aliphatic rings. The molecule has 0 fully saturated rings. The van der Waals surface area contributed by atoms with Gasteiger partial charge in [0.25, 0.3) is 11.4 Å². The van der Waals surface area contributed by atoms with E-state index in [2.05, 4.69) is 10.4 Å². The van der Waals surface area contributed by atoms with Crippen LogP contribution in [0.4, 0.5) is 11.4 Å². The summed E-state index contributed by atoms with van der Waals surface area (Å²) >= 11 is 0. The van der Waals surface area contributed by atoms with Crippen LogP contribution in [0.25, 0.3) is 16.9 Å². The van der Waals surface area contributed by atoms with Crippen LogP contribution in [0.3, 0.4) is 0 Å². The largest absolute Gasteiger partial charge is 0.508 e. The molecule has 11 heteroatoms.